The van der Waals surface area contributed by atoms with Crippen molar-refractivity contribution in [2.24, 2.45) is 5.92 Å². The van der Waals surface area contributed by atoms with Crippen LogP contribution in [0.5, 0.6) is 11.6 Å². The van der Waals surface area contributed by atoms with Crippen LogP contribution in [-0.2, 0) is 0 Å². The molecule has 0 atom stereocenters. The van der Waals surface area contributed by atoms with Crippen LogP contribution < -0.4 is 9.47 Å². The first-order chi connectivity index (χ1) is 13.2. The lowest BCUT2D eigenvalue weighted by atomic mass is 10.1. The Morgan fingerprint density at radius 3 is 2.56 bits per heavy atom. The summed E-state index contributed by atoms with van der Waals surface area (Å²) in [5, 5.41) is 0.470. The van der Waals surface area contributed by atoms with Crippen molar-refractivity contribution < 1.29 is 9.47 Å². The van der Waals surface area contributed by atoms with E-state index in [1.807, 2.05) is 25.1 Å². The van der Waals surface area contributed by atoms with E-state index < -0.39 is 0 Å². The minimum absolute atomic E-state index is 0.470. The minimum atomic E-state index is 0.470. The zero-order valence-corrected chi connectivity index (χ0v) is 16.1. The summed E-state index contributed by atoms with van der Waals surface area (Å²) in [6.45, 7) is 2.58. The van der Waals surface area contributed by atoms with Crippen LogP contribution in [0.3, 0.4) is 0 Å². The topological polar surface area (TPSA) is 70.0 Å². The maximum atomic E-state index is 5.81. The number of ether oxygens (including phenoxy) is 2. The van der Waals surface area contributed by atoms with Crippen molar-refractivity contribution in [2.45, 2.75) is 19.8 Å². The van der Waals surface area contributed by atoms with Crippen molar-refractivity contribution in [3.63, 3.8) is 0 Å². The molecule has 3 aromatic heterocycles. The van der Waals surface area contributed by atoms with Gasteiger partial charge in [-0.1, -0.05) is 11.6 Å². The van der Waals surface area contributed by atoms with Crippen molar-refractivity contribution in [3.05, 3.63) is 60.0 Å². The molecule has 3 aromatic rings. The molecule has 0 saturated heterocycles. The number of aryl methyl sites for hydroxylation is 1. The fourth-order valence-corrected chi connectivity index (χ4v) is 2.35. The van der Waals surface area contributed by atoms with Gasteiger partial charge in [0, 0.05) is 24.2 Å². The molecule has 0 bridgehead atoms. The van der Waals surface area contributed by atoms with E-state index in [0.29, 0.717) is 22.8 Å². The largest absolute Gasteiger partial charge is 0.495 e. The molecule has 0 amide bonds. The molecule has 0 spiro atoms. The highest BCUT2D eigenvalue weighted by Gasteiger charge is 2.23. The Bertz CT molecular complexity index is 856. The van der Waals surface area contributed by atoms with Gasteiger partial charge in [0.1, 0.15) is 16.7 Å². The summed E-state index contributed by atoms with van der Waals surface area (Å²) in [7, 11) is 1.62. The fraction of sp³-hybridized carbons (Fsp3) is 0.300. The second-order valence-electron chi connectivity index (χ2n) is 6.15. The molecule has 0 radical (unpaired) electrons. The van der Waals surface area contributed by atoms with Crippen LogP contribution in [0.4, 0.5) is 0 Å². The van der Waals surface area contributed by atoms with E-state index in [9.17, 15) is 0 Å². The molecular formula is C20H21ClN4O2. The summed E-state index contributed by atoms with van der Waals surface area (Å²) in [6, 6.07) is 7.33. The predicted molar refractivity (Wildman–Crippen MR) is 104 cm³/mol. The molecule has 3 heterocycles. The molecule has 0 unspecified atom stereocenters. The highest BCUT2D eigenvalue weighted by Crippen LogP contribution is 2.32. The Balaban J connectivity index is 0.000000221. The highest BCUT2D eigenvalue weighted by atomic mass is 35.5. The first-order valence-electron chi connectivity index (χ1n) is 8.68. The maximum absolute atomic E-state index is 5.81. The summed E-state index contributed by atoms with van der Waals surface area (Å²) in [5.74, 6) is 2.82. The van der Waals surface area contributed by atoms with Gasteiger partial charge in [0.25, 0.3) is 0 Å². The van der Waals surface area contributed by atoms with Crippen molar-refractivity contribution in [1.82, 2.24) is 19.9 Å². The average Bonchev–Trinajstić information content (AvgIpc) is 3.53. The van der Waals surface area contributed by atoms with E-state index in [0.717, 1.165) is 23.5 Å². The molecule has 27 heavy (non-hydrogen) atoms. The van der Waals surface area contributed by atoms with E-state index in [4.69, 9.17) is 21.1 Å². The van der Waals surface area contributed by atoms with Gasteiger partial charge in [0.2, 0.25) is 5.88 Å². The first-order valence-corrected chi connectivity index (χ1v) is 9.06. The van der Waals surface area contributed by atoms with Crippen LogP contribution in [-0.4, -0.2) is 33.7 Å². The van der Waals surface area contributed by atoms with E-state index in [1.165, 1.54) is 12.8 Å². The number of methoxy groups -OCH3 is 1. The molecule has 6 nitrogen and oxygen atoms in total. The number of pyridine rings is 2. The molecule has 1 saturated carbocycles. The monoisotopic (exact) mass is 384 g/mol. The summed E-state index contributed by atoms with van der Waals surface area (Å²) >= 11 is 5.80. The van der Waals surface area contributed by atoms with Gasteiger partial charge in [0.05, 0.1) is 25.5 Å². The van der Waals surface area contributed by atoms with Crippen LogP contribution in [0, 0.1) is 12.8 Å². The van der Waals surface area contributed by atoms with Crippen LogP contribution >= 0.6 is 11.6 Å². The summed E-state index contributed by atoms with van der Waals surface area (Å²) in [6.07, 6.45) is 9.36. The number of halogens is 1. The zero-order valence-electron chi connectivity index (χ0n) is 15.3. The number of rotatable bonds is 5. The number of nitrogens with zero attached hydrogens (tertiary/aromatic N) is 4. The third-order valence-corrected chi connectivity index (χ3v) is 4.16. The lowest BCUT2D eigenvalue weighted by Crippen LogP contribution is -2.04. The lowest BCUT2D eigenvalue weighted by molar-refractivity contribution is 0.288. The maximum Gasteiger partial charge on any atom is 0.224 e. The molecule has 1 fully saturated rings. The van der Waals surface area contributed by atoms with E-state index in [2.05, 4.69) is 19.9 Å². The molecule has 7 heteroatoms. The van der Waals surface area contributed by atoms with Crippen molar-refractivity contribution in [1.29, 1.82) is 0 Å². The average molecular weight is 385 g/mol. The number of aromatic nitrogens is 4. The number of hydrogen-bond donors (Lipinski definition) is 0. The van der Waals surface area contributed by atoms with Crippen LogP contribution in [0.1, 0.15) is 18.7 Å². The molecular weight excluding hydrogens is 364 g/mol. The van der Waals surface area contributed by atoms with Gasteiger partial charge in [-0.3, -0.25) is 4.98 Å². The van der Waals surface area contributed by atoms with Crippen molar-refractivity contribution >= 4 is 11.6 Å². The quantitative estimate of drug-likeness (QED) is 0.608. The van der Waals surface area contributed by atoms with Gasteiger partial charge in [-0.15, -0.1) is 0 Å². The van der Waals surface area contributed by atoms with Gasteiger partial charge in [-0.25, -0.2) is 9.97 Å². The first kappa shape index (κ1) is 19.0. The van der Waals surface area contributed by atoms with Crippen molar-refractivity contribution in [2.75, 3.05) is 13.7 Å². The van der Waals surface area contributed by atoms with Gasteiger partial charge >= 0.3 is 0 Å². The second-order valence-corrected chi connectivity index (χ2v) is 6.54. The number of hydrogen-bond acceptors (Lipinski definition) is 6. The molecule has 4 rings (SSSR count). The van der Waals surface area contributed by atoms with Crippen LogP contribution in [0.15, 0.2) is 49.1 Å². The fourth-order valence-electron chi connectivity index (χ4n) is 2.24. The SMILES string of the molecule is COc1cccnc1.Cc1ncc(-c2ccc(Cl)nc2)c(OCC2CC2)n1. The molecule has 1 aliphatic carbocycles. The van der Waals surface area contributed by atoms with Gasteiger partial charge in [-0.2, -0.15) is 4.98 Å². The highest BCUT2D eigenvalue weighted by molar-refractivity contribution is 6.29. The Kier molecular flexibility index (Phi) is 6.54. The molecule has 1 aliphatic rings. The molecule has 0 N–H and O–H groups in total. The summed E-state index contributed by atoms with van der Waals surface area (Å²) in [4.78, 5) is 16.5. The van der Waals surface area contributed by atoms with Gasteiger partial charge < -0.3 is 9.47 Å². The smallest absolute Gasteiger partial charge is 0.224 e. The minimum Gasteiger partial charge on any atom is -0.495 e. The Labute approximate surface area is 163 Å². The standard InChI is InChI=1S/C14H14ClN3O.C6H7NO/c1-9-16-7-12(11-4-5-13(15)17-6-11)14(18-9)19-8-10-2-3-10;1-8-6-3-2-4-7-5-6/h4-7,10H,2-3,8H2,1H3;2-5H,1H3. The van der Waals surface area contributed by atoms with E-state index in [-0.39, 0.29) is 0 Å². The molecule has 140 valence electrons. The Morgan fingerprint density at radius 1 is 1.11 bits per heavy atom. The lowest BCUT2D eigenvalue weighted by Gasteiger charge is -2.10. The van der Waals surface area contributed by atoms with Crippen molar-refractivity contribution in [3.8, 4) is 22.8 Å². The predicted octanol–water partition coefficient (Wildman–Crippen LogP) is 4.38. The van der Waals surface area contributed by atoms with Gasteiger partial charge in [0.15, 0.2) is 0 Å². The van der Waals surface area contributed by atoms with Crippen LogP contribution in [0.2, 0.25) is 5.15 Å². The Morgan fingerprint density at radius 2 is 1.96 bits per heavy atom. The van der Waals surface area contributed by atoms with E-state index in [1.54, 1.807) is 38.0 Å². The summed E-state index contributed by atoms with van der Waals surface area (Å²) < 4.78 is 10.7. The zero-order chi connectivity index (χ0) is 19.1. The normalized spacial score (nSPS) is 12.7. The second kappa shape index (κ2) is 9.28. The molecule has 0 aliphatic heterocycles. The third-order valence-electron chi connectivity index (χ3n) is 3.94. The third kappa shape index (κ3) is 5.89. The van der Waals surface area contributed by atoms with Crippen LogP contribution in [0.25, 0.3) is 11.1 Å². The molecule has 0 aromatic carbocycles. The summed E-state index contributed by atoms with van der Waals surface area (Å²) in [5.41, 5.74) is 1.77. The van der Waals surface area contributed by atoms with E-state index >= 15 is 0 Å². The Hall–Kier alpha value is -2.73. The van der Waals surface area contributed by atoms with Gasteiger partial charge in [-0.05, 0) is 49.9 Å².